The Morgan fingerprint density at radius 2 is 1.00 bits per heavy atom. The highest BCUT2D eigenvalue weighted by molar-refractivity contribution is 8.76. The molecule has 0 spiro atoms. The molecule has 6 amide bonds. The van der Waals surface area contributed by atoms with Gasteiger partial charge in [0.1, 0.15) is 24.2 Å². The second-order valence-corrected chi connectivity index (χ2v) is 14.4. The number of hydrogen-bond acceptors (Lipinski definition) is 8. The van der Waals surface area contributed by atoms with E-state index < -0.39 is 24.2 Å². The van der Waals surface area contributed by atoms with E-state index in [1.54, 1.807) is 93.8 Å². The van der Waals surface area contributed by atoms with Gasteiger partial charge in [0.2, 0.25) is 35.4 Å². The third-order valence-corrected chi connectivity index (χ3v) is 10.7. The number of carbonyl (C=O) groups excluding carboxylic acids is 6. The van der Waals surface area contributed by atoms with Crippen molar-refractivity contribution in [2.45, 2.75) is 63.7 Å². The molecule has 4 N–H and O–H groups in total. The Hall–Kier alpha value is -3.52. The number of nitrogens with zero attached hydrogens (tertiary/aromatic N) is 2. The summed E-state index contributed by atoms with van der Waals surface area (Å²) in [5.41, 5.74) is 0. The Labute approximate surface area is 278 Å². The van der Waals surface area contributed by atoms with Crippen molar-refractivity contribution in [1.82, 2.24) is 31.1 Å². The fourth-order valence-corrected chi connectivity index (χ4v) is 7.66. The van der Waals surface area contributed by atoms with Crippen molar-refractivity contribution in [1.29, 1.82) is 0 Å². The Balaban J connectivity index is 1.08. The SMILES string of the molecule is C[C@H](NC(=O)C1C=CC=C1)C(=O)N1CCC[C@H]1C(=O)NCCSSCCNC(=O)[C@@H]1CCCN1C(=O)[C@H](C)NC(=O)C1C=CC=C1. The number of hydrogen-bond donors (Lipinski definition) is 4. The lowest BCUT2D eigenvalue weighted by Crippen LogP contribution is -2.53. The summed E-state index contributed by atoms with van der Waals surface area (Å²) in [5.74, 6) is -0.823. The molecule has 4 aliphatic rings. The van der Waals surface area contributed by atoms with Crippen LogP contribution in [0.15, 0.2) is 48.6 Å². The zero-order chi connectivity index (χ0) is 33.1. The average molecular weight is 673 g/mol. The molecular weight excluding hydrogens is 629 g/mol. The summed E-state index contributed by atoms with van der Waals surface area (Å²) < 4.78 is 0. The number of nitrogens with one attached hydrogen (secondary N) is 4. The minimum atomic E-state index is -0.721. The van der Waals surface area contributed by atoms with Crippen LogP contribution in [0, 0.1) is 11.8 Å². The molecule has 0 aromatic rings. The zero-order valence-corrected chi connectivity index (χ0v) is 27.9. The third kappa shape index (κ3) is 9.50. The molecule has 12 nitrogen and oxygen atoms in total. The molecular formula is C32H44N6O6S2. The van der Waals surface area contributed by atoms with Gasteiger partial charge >= 0.3 is 0 Å². The van der Waals surface area contributed by atoms with Gasteiger partial charge in [-0.2, -0.15) is 0 Å². The summed E-state index contributed by atoms with van der Waals surface area (Å²) in [6.45, 7) is 5.13. The summed E-state index contributed by atoms with van der Waals surface area (Å²) in [5, 5.41) is 11.3. The fourth-order valence-electron chi connectivity index (χ4n) is 5.84. The maximum Gasteiger partial charge on any atom is 0.245 e. The lowest BCUT2D eigenvalue weighted by molar-refractivity contribution is -0.141. The highest BCUT2D eigenvalue weighted by Gasteiger charge is 2.37. The maximum atomic E-state index is 13.0. The molecule has 2 saturated heterocycles. The van der Waals surface area contributed by atoms with Gasteiger partial charge in [-0.05, 0) is 39.5 Å². The normalized spacial score (nSPS) is 21.9. The summed E-state index contributed by atoms with van der Waals surface area (Å²) in [4.78, 5) is 79.6. The second-order valence-electron chi connectivity index (χ2n) is 11.7. The van der Waals surface area contributed by atoms with Crippen molar-refractivity contribution < 1.29 is 28.8 Å². The Kier molecular flexibility index (Phi) is 13.4. The van der Waals surface area contributed by atoms with Gasteiger partial charge in [-0.3, -0.25) is 28.8 Å². The molecule has 2 aliphatic carbocycles. The first kappa shape index (κ1) is 35.3. The monoisotopic (exact) mass is 672 g/mol. The summed E-state index contributed by atoms with van der Waals surface area (Å²) in [6.07, 6.45) is 16.9. The van der Waals surface area contributed by atoms with Crippen LogP contribution in [0.5, 0.6) is 0 Å². The molecule has 2 heterocycles. The topological polar surface area (TPSA) is 157 Å². The van der Waals surface area contributed by atoms with Gasteiger partial charge in [0.25, 0.3) is 0 Å². The quantitative estimate of drug-likeness (QED) is 0.149. The molecule has 0 aromatic heterocycles. The van der Waals surface area contributed by atoms with Crippen molar-refractivity contribution in [3.05, 3.63) is 48.6 Å². The smallest absolute Gasteiger partial charge is 0.245 e. The summed E-state index contributed by atoms with van der Waals surface area (Å²) in [6, 6.07) is -2.54. The minimum absolute atomic E-state index is 0.194. The van der Waals surface area contributed by atoms with Crippen LogP contribution >= 0.6 is 21.6 Å². The van der Waals surface area contributed by atoms with Gasteiger partial charge in [0, 0.05) is 37.7 Å². The second kappa shape index (κ2) is 17.4. The van der Waals surface area contributed by atoms with Crippen LogP contribution in [-0.4, -0.2) is 107 Å². The van der Waals surface area contributed by atoms with E-state index in [-0.39, 0.29) is 47.3 Å². The standard InChI is InChI=1S/C32H44N6O6S2/c1-21(35-27(39)23-9-3-4-10-23)31(43)37-17-7-13-25(37)29(41)33-15-19-45-46-20-16-34-30(42)26-14-8-18-38(26)32(44)22(2)36-28(40)24-11-5-6-12-24/h3-6,9-12,21-26H,7-8,13-20H2,1-2H3,(H,33,41)(H,34,42)(H,35,39)(H,36,40)/t21-,22-,25-,26-/m0/s1. The molecule has 0 unspecified atom stereocenters. The van der Waals surface area contributed by atoms with Crippen LogP contribution < -0.4 is 21.3 Å². The first-order valence-corrected chi connectivity index (χ1v) is 18.4. The highest BCUT2D eigenvalue weighted by Crippen LogP contribution is 2.22. The van der Waals surface area contributed by atoms with Crippen LogP contribution in [0.2, 0.25) is 0 Å². The largest absolute Gasteiger partial charge is 0.353 e. The van der Waals surface area contributed by atoms with Crippen LogP contribution in [0.3, 0.4) is 0 Å². The molecule has 4 rings (SSSR count). The first-order valence-electron chi connectivity index (χ1n) is 15.9. The minimum Gasteiger partial charge on any atom is -0.353 e. The van der Waals surface area contributed by atoms with Crippen LogP contribution in [0.25, 0.3) is 0 Å². The lowest BCUT2D eigenvalue weighted by Gasteiger charge is -2.27. The van der Waals surface area contributed by atoms with E-state index in [0.29, 0.717) is 50.5 Å². The molecule has 2 fully saturated rings. The molecule has 4 atom stereocenters. The zero-order valence-electron chi connectivity index (χ0n) is 26.3. The summed E-state index contributed by atoms with van der Waals surface area (Å²) in [7, 11) is 3.15. The van der Waals surface area contributed by atoms with E-state index in [2.05, 4.69) is 21.3 Å². The first-order chi connectivity index (χ1) is 22.2. The molecule has 0 radical (unpaired) electrons. The van der Waals surface area contributed by atoms with Gasteiger partial charge in [-0.1, -0.05) is 70.2 Å². The van der Waals surface area contributed by atoms with Crippen LogP contribution in [-0.2, 0) is 28.8 Å². The predicted octanol–water partition coefficient (Wildman–Crippen LogP) is 1.08. The maximum absolute atomic E-state index is 13.0. The van der Waals surface area contributed by atoms with E-state index in [1.165, 1.54) is 0 Å². The number of allylic oxidation sites excluding steroid dienone is 4. The predicted molar refractivity (Wildman–Crippen MR) is 179 cm³/mol. The van der Waals surface area contributed by atoms with Gasteiger partial charge < -0.3 is 31.1 Å². The van der Waals surface area contributed by atoms with Crippen molar-refractivity contribution in [2.75, 3.05) is 37.7 Å². The molecule has 250 valence electrons. The number of carbonyl (C=O) groups is 6. The van der Waals surface area contributed by atoms with Crippen LogP contribution in [0.4, 0.5) is 0 Å². The van der Waals surface area contributed by atoms with E-state index in [0.717, 1.165) is 12.8 Å². The molecule has 0 saturated carbocycles. The van der Waals surface area contributed by atoms with E-state index in [1.807, 2.05) is 0 Å². The number of likely N-dealkylation sites (tertiary alicyclic amines) is 2. The van der Waals surface area contributed by atoms with Gasteiger partial charge in [-0.15, -0.1) is 0 Å². The molecule has 2 aliphatic heterocycles. The van der Waals surface area contributed by atoms with E-state index >= 15 is 0 Å². The number of amides is 6. The number of rotatable bonds is 15. The Bertz CT molecular complexity index is 1170. The van der Waals surface area contributed by atoms with E-state index in [9.17, 15) is 28.8 Å². The lowest BCUT2D eigenvalue weighted by atomic mass is 10.1. The van der Waals surface area contributed by atoms with Gasteiger partial charge in [-0.25, -0.2) is 0 Å². The highest BCUT2D eigenvalue weighted by atomic mass is 33.1. The molecule has 46 heavy (non-hydrogen) atoms. The molecule has 14 heteroatoms. The average Bonchev–Trinajstić information content (AvgIpc) is 3.88. The third-order valence-electron chi connectivity index (χ3n) is 8.29. The fraction of sp³-hybridized carbons (Fsp3) is 0.562. The Morgan fingerprint density at radius 1 is 0.630 bits per heavy atom. The van der Waals surface area contributed by atoms with Crippen molar-refractivity contribution in [2.24, 2.45) is 11.8 Å². The molecule has 0 bridgehead atoms. The molecule has 0 aromatic carbocycles. The van der Waals surface area contributed by atoms with Crippen LogP contribution in [0.1, 0.15) is 39.5 Å². The van der Waals surface area contributed by atoms with Crippen molar-refractivity contribution in [3.63, 3.8) is 0 Å². The van der Waals surface area contributed by atoms with Crippen molar-refractivity contribution in [3.8, 4) is 0 Å². The van der Waals surface area contributed by atoms with Crippen molar-refractivity contribution >= 4 is 57.0 Å². The van der Waals surface area contributed by atoms with Gasteiger partial charge in [0.05, 0.1) is 11.8 Å². The summed E-state index contributed by atoms with van der Waals surface area (Å²) >= 11 is 0. The van der Waals surface area contributed by atoms with Gasteiger partial charge in [0.15, 0.2) is 0 Å². The van der Waals surface area contributed by atoms with E-state index in [4.69, 9.17) is 0 Å². The Morgan fingerprint density at radius 3 is 1.37 bits per heavy atom.